The summed E-state index contributed by atoms with van der Waals surface area (Å²) < 4.78 is 11.6. The van der Waals surface area contributed by atoms with Crippen molar-refractivity contribution in [1.82, 2.24) is 15.4 Å². The maximum Gasteiger partial charge on any atom is 0.250 e. The predicted molar refractivity (Wildman–Crippen MR) is 136 cm³/mol. The van der Waals surface area contributed by atoms with E-state index in [1.54, 1.807) is 6.21 Å². The quantitative estimate of drug-likeness (QED) is 0.174. The number of amides is 1. The van der Waals surface area contributed by atoms with E-state index >= 15 is 0 Å². The van der Waals surface area contributed by atoms with Crippen LogP contribution in [-0.4, -0.2) is 34.4 Å². The Morgan fingerprint density at radius 1 is 1.12 bits per heavy atom. The molecule has 0 atom stereocenters. The highest BCUT2D eigenvalue weighted by Crippen LogP contribution is 2.29. The number of rotatable bonds is 10. The average Bonchev–Trinajstić information content (AvgIpc) is 3.27. The Morgan fingerprint density at radius 2 is 1.94 bits per heavy atom. The van der Waals surface area contributed by atoms with Gasteiger partial charge in [0, 0.05) is 5.02 Å². The van der Waals surface area contributed by atoms with Gasteiger partial charge in [0.2, 0.25) is 0 Å². The van der Waals surface area contributed by atoms with Crippen LogP contribution in [-0.2, 0) is 11.4 Å². The molecule has 174 valence electrons. The monoisotopic (exact) mass is 494 g/mol. The molecular formula is C25H23ClN4O3S. The molecule has 0 saturated carbocycles. The van der Waals surface area contributed by atoms with Crippen molar-refractivity contribution >= 4 is 46.5 Å². The number of halogens is 1. The molecule has 9 heteroatoms. The Morgan fingerprint density at radius 3 is 2.74 bits per heavy atom. The van der Waals surface area contributed by atoms with E-state index in [4.69, 9.17) is 21.1 Å². The zero-order chi connectivity index (χ0) is 23.8. The third kappa shape index (κ3) is 6.52. The van der Waals surface area contributed by atoms with Crippen LogP contribution in [0.2, 0.25) is 5.02 Å². The van der Waals surface area contributed by atoms with E-state index < -0.39 is 0 Å². The lowest BCUT2D eigenvalue weighted by molar-refractivity contribution is -0.118. The van der Waals surface area contributed by atoms with Crippen LogP contribution in [0.3, 0.4) is 0 Å². The highest BCUT2D eigenvalue weighted by Gasteiger charge is 2.08. The summed E-state index contributed by atoms with van der Waals surface area (Å²) in [7, 11) is 0. The molecule has 1 heterocycles. The maximum absolute atomic E-state index is 12.1. The molecule has 0 bridgehead atoms. The maximum atomic E-state index is 12.1. The van der Waals surface area contributed by atoms with Crippen LogP contribution in [0.1, 0.15) is 18.1 Å². The van der Waals surface area contributed by atoms with Gasteiger partial charge in [0.1, 0.15) is 6.61 Å². The number of nitrogens with one attached hydrogen (secondary N) is 2. The lowest BCUT2D eigenvalue weighted by Crippen LogP contribution is -2.19. The molecule has 0 spiro atoms. The third-order valence-corrected chi connectivity index (χ3v) is 5.81. The molecule has 7 nitrogen and oxygen atoms in total. The molecule has 4 rings (SSSR count). The van der Waals surface area contributed by atoms with E-state index in [1.165, 1.54) is 11.8 Å². The number of imidazole rings is 1. The van der Waals surface area contributed by atoms with E-state index in [-0.39, 0.29) is 11.7 Å². The summed E-state index contributed by atoms with van der Waals surface area (Å²) in [6.45, 7) is 2.79. The van der Waals surface area contributed by atoms with Gasteiger partial charge in [-0.2, -0.15) is 5.10 Å². The van der Waals surface area contributed by atoms with Gasteiger partial charge in [-0.25, -0.2) is 10.4 Å². The lowest BCUT2D eigenvalue weighted by atomic mass is 10.2. The molecule has 0 aliphatic heterocycles. The normalized spacial score (nSPS) is 11.1. The van der Waals surface area contributed by atoms with Crippen molar-refractivity contribution in [3.63, 3.8) is 0 Å². The lowest BCUT2D eigenvalue weighted by Gasteiger charge is -2.12. The number of carbonyl (C=O) groups excluding carboxylic acids is 1. The van der Waals surface area contributed by atoms with E-state index in [1.807, 2.05) is 73.7 Å². The minimum absolute atomic E-state index is 0.193. The number of para-hydroxylation sites is 2. The number of carbonyl (C=O) groups is 1. The van der Waals surface area contributed by atoms with Crippen LogP contribution in [0.4, 0.5) is 0 Å². The van der Waals surface area contributed by atoms with E-state index in [0.29, 0.717) is 34.9 Å². The van der Waals surface area contributed by atoms with Crippen LogP contribution in [0, 0.1) is 0 Å². The zero-order valence-electron chi connectivity index (χ0n) is 18.5. The van der Waals surface area contributed by atoms with Gasteiger partial charge in [0.15, 0.2) is 16.7 Å². The van der Waals surface area contributed by atoms with Crippen molar-refractivity contribution in [2.45, 2.75) is 18.7 Å². The number of H-pyrrole nitrogens is 1. The number of aromatic nitrogens is 2. The average molecular weight is 495 g/mol. The first-order valence-corrected chi connectivity index (χ1v) is 12.0. The summed E-state index contributed by atoms with van der Waals surface area (Å²) in [4.78, 5) is 19.8. The molecule has 3 aromatic carbocycles. The summed E-state index contributed by atoms with van der Waals surface area (Å²) in [5, 5.41) is 5.43. The Balaban J connectivity index is 1.31. The van der Waals surface area contributed by atoms with Crippen molar-refractivity contribution in [1.29, 1.82) is 0 Å². The van der Waals surface area contributed by atoms with E-state index in [2.05, 4.69) is 20.5 Å². The fourth-order valence-electron chi connectivity index (χ4n) is 3.08. The number of hydrogen-bond donors (Lipinski definition) is 2. The molecule has 0 fully saturated rings. The number of aromatic amines is 1. The van der Waals surface area contributed by atoms with Gasteiger partial charge < -0.3 is 14.5 Å². The highest BCUT2D eigenvalue weighted by atomic mass is 35.5. The fraction of sp³-hybridized carbons (Fsp3) is 0.160. The summed E-state index contributed by atoms with van der Waals surface area (Å²) in [5.74, 6) is 1.20. The van der Waals surface area contributed by atoms with E-state index in [0.717, 1.165) is 22.2 Å². The number of nitrogens with zero attached hydrogens (tertiary/aromatic N) is 2. The molecule has 2 N–H and O–H groups in total. The van der Waals surface area contributed by atoms with Crippen LogP contribution in [0.15, 0.2) is 77.0 Å². The smallest absolute Gasteiger partial charge is 0.250 e. The molecule has 0 saturated heterocycles. The minimum Gasteiger partial charge on any atom is -0.490 e. The molecule has 0 unspecified atom stereocenters. The molecule has 1 amide bonds. The minimum atomic E-state index is -0.227. The first-order valence-electron chi connectivity index (χ1n) is 10.6. The fourth-order valence-corrected chi connectivity index (χ4v) is 3.88. The van der Waals surface area contributed by atoms with Crippen molar-refractivity contribution in [2.75, 3.05) is 12.4 Å². The first kappa shape index (κ1) is 23.7. The Bertz CT molecular complexity index is 1260. The standard InChI is InChI=1S/C25H23ClN4O3S/c1-2-32-23-13-18(9-12-22(23)33-15-17-7-10-19(26)11-8-17)14-27-30-24(31)16-34-25-28-20-5-3-4-6-21(20)29-25/h3-14H,2,15-16H2,1H3,(H,28,29)(H,30,31)/b27-14+. The van der Waals surface area contributed by atoms with Gasteiger partial charge in [-0.05, 0) is 60.5 Å². The number of hydrogen-bond acceptors (Lipinski definition) is 6. The second-order valence-corrected chi connectivity index (χ2v) is 8.60. The summed E-state index contributed by atoms with van der Waals surface area (Å²) in [6.07, 6.45) is 1.56. The summed E-state index contributed by atoms with van der Waals surface area (Å²) >= 11 is 7.25. The highest BCUT2D eigenvalue weighted by molar-refractivity contribution is 7.99. The zero-order valence-corrected chi connectivity index (χ0v) is 20.0. The van der Waals surface area contributed by atoms with Crippen molar-refractivity contribution in [3.8, 4) is 11.5 Å². The van der Waals surface area contributed by atoms with Crippen LogP contribution >= 0.6 is 23.4 Å². The number of fused-ring (bicyclic) bond motifs is 1. The number of hydrazone groups is 1. The SMILES string of the molecule is CCOc1cc(/C=N/NC(=O)CSc2nc3ccccc3[nH]2)ccc1OCc1ccc(Cl)cc1. The van der Waals surface area contributed by atoms with Gasteiger partial charge in [-0.1, -0.05) is 47.6 Å². The largest absolute Gasteiger partial charge is 0.490 e. The first-order chi connectivity index (χ1) is 16.6. The Hall–Kier alpha value is -3.49. The van der Waals surface area contributed by atoms with Gasteiger partial charge in [-0.3, -0.25) is 4.79 Å². The molecule has 34 heavy (non-hydrogen) atoms. The van der Waals surface area contributed by atoms with Gasteiger partial charge >= 0.3 is 0 Å². The van der Waals surface area contributed by atoms with Crippen molar-refractivity contribution in [2.24, 2.45) is 5.10 Å². The molecule has 0 aliphatic rings. The summed E-state index contributed by atoms with van der Waals surface area (Å²) in [5.41, 5.74) is 6.12. The Kier molecular flexibility index (Phi) is 8.06. The van der Waals surface area contributed by atoms with Crippen molar-refractivity contribution < 1.29 is 14.3 Å². The van der Waals surface area contributed by atoms with Crippen LogP contribution in [0.25, 0.3) is 11.0 Å². The predicted octanol–water partition coefficient (Wildman–Crippen LogP) is 5.44. The topological polar surface area (TPSA) is 88.6 Å². The van der Waals surface area contributed by atoms with Gasteiger partial charge in [0.05, 0.1) is 29.6 Å². The summed E-state index contributed by atoms with van der Waals surface area (Å²) in [6, 6.07) is 20.7. The third-order valence-electron chi connectivity index (χ3n) is 4.69. The number of benzene rings is 3. The molecule has 0 radical (unpaired) electrons. The Labute approximate surface area is 206 Å². The molecule has 0 aliphatic carbocycles. The van der Waals surface area contributed by atoms with Gasteiger partial charge in [-0.15, -0.1) is 0 Å². The molecular weight excluding hydrogens is 472 g/mol. The number of thioether (sulfide) groups is 1. The van der Waals surface area contributed by atoms with Crippen LogP contribution in [0.5, 0.6) is 11.5 Å². The molecule has 1 aromatic heterocycles. The van der Waals surface area contributed by atoms with Gasteiger partial charge in [0.25, 0.3) is 5.91 Å². The number of ether oxygens (including phenoxy) is 2. The van der Waals surface area contributed by atoms with Crippen LogP contribution < -0.4 is 14.9 Å². The second kappa shape index (κ2) is 11.6. The second-order valence-electron chi connectivity index (χ2n) is 7.20. The van der Waals surface area contributed by atoms with E-state index in [9.17, 15) is 4.79 Å². The van der Waals surface area contributed by atoms with Crippen molar-refractivity contribution in [3.05, 3.63) is 82.9 Å². The molecule has 4 aromatic rings.